The van der Waals surface area contributed by atoms with E-state index in [2.05, 4.69) is 10.6 Å². The van der Waals surface area contributed by atoms with Gasteiger partial charge in [0.15, 0.2) is 0 Å². The number of carbonyl (C=O) groups is 1. The number of aryl methyl sites for hydroxylation is 3. The molecule has 0 radical (unpaired) electrons. The van der Waals surface area contributed by atoms with Gasteiger partial charge in [-0.2, -0.15) is 0 Å². The van der Waals surface area contributed by atoms with Crippen molar-refractivity contribution in [2.75, 3.05) is 5.32 Å². The first-order valence-electron chi connectivity index (χ1n) is 8.28. The summed E-state index contributed by atoms with van der Waals surface area (Å²) in [6.07, 6.45) is 0. The van der Waals surface area contributed by atoms with E-state index in [-0.39, 0.29) is 5.91 Å². The van der Waals surface area contributed by atoms with Crippen molar-refractivity contribution in [3.63, 3.8) is 0 Å². The first-order valence-corrected chi connectivity index (χ1v) is 8.28. The molecule has 0 saturated carbocycles. The summed E-state index contributed by atoms with van der Waals surface area (Å²) in [5.74, 6) is -1.45. The Morgan fingerprint density at radius 1 is 1.00 bits per heavy atom. The van der Waals surface area contributed by atoms with Gasteiger partial charge in [0.05, 0.1) is 6.04 Å². The van der Waals surface area contributed by atoms with E-state index in [4.69, 9.17) is 0 Å². The van der Waals surface area contributed by atoms with Crippen LogP contribution in [0.5, 0.6) is 0 Å². The van der Waals surface area contributed by atoms with Crippen LogP contribution in [-0.4, -0.2) is 11.9 Å². The van der Waals surface area contributed by atoms with Crippen LogP contribution in [-0.2, 0) is 4.79 Å². The van der Waals surface area contributed by atoms with Gasteiger partial charge in [0.25, 0.3) is 0 Å². The van der Waals surface area contributed by atoms with Crippen molar-refractivity contribution in [2.24, 2.45) is 0 Å². The van der Waals surface area contributed by atoms with Gasteiger partial charge in [-0.05, 0) is 51.8 Å². The smallest absolute Gasteiger partial charge is 0.241 e. The summed E-state index contributed by atoms with van der Waals surface area (Å²) in [7, 11) is 0. The van der Waals surface area contributed by atoms with Crippen LogP contribution in [0.25, 0.3) is 0 Å². The summed E-state index contributed by atoms with van der Waals surface area (Å²) in [5, 5.41) is 5.98. The van der Waals surface area contributed by atoms with Crippen molar-refractivity contribution in [3.05, 3.63) is 64.2 Å². The summed E-state index contributed by atoms with van der Waals surface area (Å²) >= 11 is 0. The van der Waals surface area contributed by atoms with Gasteiger partial charge in [-0.3, -0.25) is 10.1 Å². The van der Waals surface area contributed by atoms with Gasteiger partial charge in [-0.15, -0.1) is 0 Å². The Morgan fingerprint density at radius 2 is 1.60 bits per heavy atom. The Morgan fingerprint density at radius 3 is 2.16 bits per heavy atom. The summed E-state index contributed by atoms with van der Waals surface area (Å²) in [6, 6.07) is 6.49. The lowest BCUT2D eigenvalue weighted by Gasteiger charge is -2.21. The van der Waals surface area contributed by atoms with Crippen LogP contribution in [0.15, 0.2) is 30.3 Å². The predicted molar refractivity (Wildman–Crippen MR) is 96.7 cm³/mol. The highest BCUT2D eigenvalue weighted by molar-refractivity contribution is 5.96. The van der Waals surface area contributed by atoms with Crippen molar-refractivity contribution < 1.29 is 13.6 Å². The maximum atomic E-state index is 13.9. The number of anilines is 1. The normalized spacial score (nSPS) is 13.4. The van der Waals surface area contributed by atoms with Gasteiger partial charge in [-0.1, -0.05) is 23.8 Å². The third-order valence-corrected chi connectivity index (χ3v) is 4.25. The fourth-order valence-corrected chi connectivity index (χ4v) is 3.00. The quantitative estimate of drug-likeness (QED) is 0.833. The number of hydrogen-bond donors (Lipinski definition) is 2. The zero-order valence-corrected chi connectivity index (χ0v) is 15.2. The average molecular weight is 346 g/mol. The number of halogens is 2. The number of hydrogen-bond acceptors (Lipinski definition) is 2. The number of nitrogens with one attached hydrogen (secondary N) is 2. The highest BCUT2D eigenvalue weighted by Crippen LogP contribution is 2.23. The number of carbonyl (C=O) groups excluding carboxylic acids is 1. The van der Waals surface area contributed by atoms with E-state index in [1.54, 1.807) is 13.8 Å². The molecule has 0 spiro atoms. The summed E-state index contributed by atoms with van der Waals surface area (Å²) < 4.78 is 26.9. The zero-order chi connectivity index (χ0) is 18.7. The second kappa shape index (κ2) is 7.74. The van der Waals surface area contributed by atoms with Crippen molar-refractivity contribution in [3.8, 4) is 0 Å². The Balaban J connectivity index is 2.08. The zero-order valence-electron chi connectivity index (χ0n) is 15.2. The Kier molecular flexibility index (Phi) is 5.90. The lowest BCUT2D eigenvalue weighted by molar-refractivity contribution is -0.118. The van der Waals surface area contributed by atoms with E-state index in [0.717, 1.165) is 28.4 Å². The van der Waals surface area contributed by atoms with Crippen LogP contribution in [0.3, 0.4) is 0 Å². The molecule has 0 aliphatic carbocycles. The molecule has 0 aromatic heterocycles. The molecule has 2 rings (SSSR count). The van der Waals surface area contributed by atoms with Gasteiger partial charge in [-0.25, -0.2) is 8.78 Å². The van der Waals surface area contributed by atoms with E-state index >= 15 is 0 Å². The van der Waals surface area contributed by atoms with E-state index in [1.165, 1.54) is 12.1 Å². The molecule has 0 bridgehead atoms. The van der Waals surface area contributed by atoms with Gasteiger partial charge in [0, 0.05) is 23.4 Å². The Labute approximate surface area is 147 Å². The molecular formula is C20H24F2N2O. The van der Waals surface area contributed by atoms with Crippen molar-refractivity contribution in [2.45, 2.75) is 46.7 Å². The molecule has 3 nitrogen and oxygen atoms in total. The van der Waals surface area contributed by atoms with Crippen LogP contribution >= 0.6 is 0 Å². The maximum Gasteiger partial charge on any atom is 0.241 e. The largest absolute Gasteiger partial charge is 0.324 e. The summed E-state index contributed by atoms with van der Waals surface area (Å²) in [6.45, 7) is 9.36. The highest BCUT2D eigenvalue weighted by atomic mass is 19.1. The second-order valence-electron chi connectivity index (χ2n) is 6.54. The molecule has 0 aliphatic heterocycles. The minimum atomic E-state index is -0.627. The molecule has 0 fully saturated rings. The standard InChI is InChI=1S/C20H24F2N2O/c1-11-8-12(2)19(13(3)9-11)24-20(25)15(5)23-14(4)17-7-6-16(21)10-18(17)22/h6-10,14-15,23H,1-5H3,(H,24,25)/t14-,15-/m0/s1. The third-order valence-electron chi connectivity index (χ3n) is 4.25. The van der Waals surface area contributed by atoms with Crippen LogP contribution in [0.4, 0.5) is 14.5 Å². The molecular weight excluding hydrogens is 322 g/mol. The molecule has 2 aromatic carbocycles. The first-order chi connectivity index (χ1) is 11.7. The number of benzene rings is 2. The highest BCUT2D eigenvalue weighted by Gasteiger charge is 2.19. The molecule has 134 valence electrons. The number of amides is 1. The van der Waals surface area contributed by atoms with E-state index in [0.29, 0.717) is 5.56 Å². The maximum absolute atomic E-state index is 13.9. The lowest BCUT2D eigenvalue weighted by atomic mass is 10.0. The fourth-order valence-electron chi connectivity index (χ4n) is 3.00. The molecule has 2 atom stereocenters. The first kappa shape index (κ1) is 19.1. The minimum Gasteiger partial charge on any atom is -0.324 e. The van der Waals surface area contributed by atoms with E-state index in [9.17, 15) is 13.6 Å². The van der Waals surface area contributed by atoms with Gasteiger partial charge in [0.1, 0.15) is 11.6 Å². The van der Waals surface area contributed by atoms with Crippen molar-refractivity contribution in [1.29, 1.82) is 0 Å². The fraction of sp³-hybridized carbons (Fsp3) is 0.350. The second-order valence-corrected chi connectivity index (χ2v) is 6.54. The van der Waals surface area contributed by atoms with Gasteiger partial charge in [0.2, 0.25) is 5.91 Å². The summed E-state index contributed by atoms with van der Waals surface area (Å²) in [5.41, 5.74) is 4.25. The van der Waals surface area contributed by atoms with Gasteiger partial charge >= 0.3 is 0 Å². The average Bonchev–Trinajstić information content (AvgIpc) is 2.50. The predicted octanol–water partition coefficient (Wildman–Crippen LogP) is 4.57. The van der Waals surface area contributed by atoms with E-state index in [1.807, 2.05) is 32.9 Å². The molecule has 2 N–H and O–H groups in total. The Hall–Kier alpha value is -2.27. The van der Waals surface area contributed by atoms with Crippen LogP contribution in [0.1, 0.15) is 42.1 Å². The molecule has 0 saturated heterocycles. The molecule has 25 heavy (non-hydrogen) atoms. The van der Waals surface area contributed by atoms with Crippen molar-refractivity contribution in [1.82, 2.24) is 5.32 Å². The lowest BCUT2D eigenvalue weighted by Crippen LogP contribution is -2.39. The molecule has 0 unspecified atom stereocenters. The summed E-state index contributed by atoms with van der Waals surface area (Å²) in [4.78, 5) is 12.5. The molecule has 2 aromatic rings. The van der Waals surface area contributed by atoms with Crippen LogP contribution < -0.4 is 10.6 Å². The minimum absolute atomic E-state index is 0.204. The number of rotatable bonds is 5. The molecule has 5 heteroatoms. The molecule has 0 aliphatic rings. The van der Waals surface area contributed by atoms with Crippen molar-refractivity contribution >= 4 is 11.6 Å². The Bertz CT molecular complexity index is 766. The third kappa shape index (κ3) is 4.63. The van der Waals surface area contributed by atoms with Crippen LogP contribution in [0, 0.1) is 32.4 Å². The molecule has 1 amide bonds. The monoisotopic (exact) mass is 346 g/mol. The molecule has 0 heterocycles. The van der Waals surface area contributed by atoms with Crippen LogP contribution in [0.2, 0.25) is 0 Å². The van der Waals surface area contributed by atoms with E-state index < -0.39 is 23.7 Å². The topological polar surface area (TPSA) is 41.1 Å². The SMILES string of the molecule is Cc1cc(C)c(NC(=O)[C@H](C)N[C@@H](C)c2ccc(F)cc2F)c(C)c1. The van der Waals surface area contributed by atoms with Gasteiger partial charge < -0.3 is 5.32 Å².